The number of amides is 1. The molecule has 0 aliphatic carbocycles. The largest absolute Gasteiger partial charge is 0.341 e. The third-order valence-electron chi connectivity index (χ3n) is 4.21. The van der Waals surface area contributed by atoms with Crippen LogP contribution in [-0.2, 0) is 4.79 Å². The van der Waals surface area contributed by atoms with Crippen LogP contribution in [0.15, 0.2) is 0 Å². The van der Waals surface area contributed by atoms with Crippen LogP contribution in [0.3, 0.4) is 0 Å². The number of carbonyl (C=O) groups is 1. The van der Waals surface area contributed by atoms with Gasteiger partial charge in [0.05, 0.1) is 12.6 Å². The predicted molar refractivity (Wildman–Crippen MR) is 76.7 cm³/mol. The standard InChI is InChI=1S/C15H25N3O/c1-3-4-7-16-10-12-17(13-11-16)14(2)15(19)18-8-5-6-9-18/h14H,5-13H2,1-2H3/t14-/m0/s1. The lowest BCUT2D eigenvalue weighted by Gasteiger charge is -2.37. The second kappa shape index (κ2) is 6.93. The highest BCUT2D eigenvalue weighted by Gasteiger charge is 2.29. The first kappa shape index (κ1) is 14.4. The molecule has 0 aromatic carbocycles. The topological polar surface area (TPSA) is 26.8 Å². The summed E-state index contributed by atoms with van der Waals surface area (Å²) in [6.07, 6.45) is 2.34. The summed E-state index contributed by atoms with van der Waals surface area (Å²) in [7, 11) is 0. The van der Waals surface area contributed by atoms with Gasteiger partial charge in [-0.1, -0.05) is 5.92 Å². The van der Waals surface area contributed by atoms with Crippen molar-refractivity contribution in [2.24, 2.45) is 0 Å². The average molecular weight is 263 g/mol. The summed E-state index contributed by atoms with van der Waals surface area (Å²) in [6, 6.07) is 0.0394. The Morgan fingerprint density at radius 1 is 1.11 bits per heavy atom. The van der Waals surface area contributed by atoms with Crippen molar-refractivity contribution in [2.75, 3.05) is 45.8 Å². The third kappa shape index (κ3) is 3.71. The van der Waals surface area contributed by atoms with E-state index in [4.69, 9.17) is 0 Å². The Kier molecular flexibility index (Phi) is 5.24. The Bertz CT molecular complexity index is 357. The van der Waals surface area contributed by atoms with Gasteiger partial charge in [0.2, 0.25) is 5.91 Å². The lowest BCUT2D eigenvalue weighted by molar-refractivity contribution is -0.136. The lowest BCUT2D eigenvalue weighted by atomic mass is 10.2. The molecular weight excluding hydrogens is 238 g/mol. The number of hydrogen-bond donors (Lipinski definition) is 0. The number of rotatable bonds is 3. The van der Waals surface area contributed by atoms with Gasteiger partial charge in [-0.25, -0.2) is 0 Å². The van der Waals surface area contributed by atoms with E-state index < -0.39 is 0 Å². The fourth-order valence-electron chi connectivity index (χ4n) is 2.86. The van der Waals surface area contributed by atoms with Crippen molar-refractivity contribution in [1.82, 2.24) is 14.7 Å². The van der Waals surface area contributed by atoms with E-state index >= 15 is 0 Å². The van der Waals surface area contributed by atoms with E-state index in [0.717, 1.165) is 45.8 Å². The van der Waals surface area contributed by atoms with Gasteiger partial charge in [0, 0.05) is 39.3 Å². The highest BCUT2D eigenvalue weighted by atomic mass is 16.2. The highest BCUT2D eigenvalue weighted by Crippen LogP contribution is 2.13. The quantitative estimate of drug-likeness (QED) is 0.699. The van der Waals surface area contributed by atoms with E-state index in [1.54, 1.807) is 0 Å². The molecule has 106 valence electrons. The summed E-state index contributed by atoms with van der Waals surface area (Å²) < 4.78 is 0. The molecule has 2 aliphatic rings. The number of piperazine rings is 1. The second-order valence-electron chi connectivity index (χ2n) is 5.45. The Morgan fingerprint density at radius 3 is 2.32 bits per heavy atom. The molecule has 4 heteroatoms. The molecule has 2 heterocycles. The summed E-state index contributed by atoms with van der Waals surface area (Å²) in [6.45, 7) is 10.7. The fraction of sp³-hybridized carbons (Fsp3) is 0.800. The molecule has 0 bridgehead atoms. The molecule has 1 amide bonds. The SMILES string of the molecule is CC#CCN1CCN([C@@H](C)C(=O)N2CCCC2)CC1. The van der Waals surface area contributed by atoms with Crippen molar-refractivity contribution >= 4 is 5.91 Å². The molecule has 0 unspecified atom stereocenters. The summed E-state index contributed by atoms with van der Waals surface area (Å²) in [4.78, 5) is 19.1. The van der Waals surface area contributed by atoms with Crippen LogP contribution >= 0.6 is 0 Å². The van der Waals surface area contributed by atoms with E-state index in [2.05, 4.69) is 28.6 Å². The van der Waals surface area contributed by atoms with Gasteiger partial charge < -0.3 is 4.90 Å². The second-order valence-corrected chi connectivity index (χ2v) is 5.45. The van der Waals surface area contributed by atoms with Gasteiger partial charge in [-0.15, -0.1) is 5.92 Å². The lowest BCUT2D eigenvalue weighted by Crippen LogP contribution is -2.54. The van der Waals surface area contributed by atoms with Gasteiger partial charge in [-0.05, 0) is 26.7 Å². The van der Waals surface area contributed by atoms with Crippen LogP contribution in [0.1, 0.15) is 26.7 Å². The molecule has 0 radical (unpaired) electrons. The number of hydrogen-bond acceptors (Lipinski definition) is 3. The highest BCUT2D eigenvalue weighted by molar-refractivity contribution is 5.81. The maximum atomic E-state index is 12.3. The van der Waals surface area contributed by atoms with Crippen LogP contribution in [-0.4, -0.2) is 72.5 Å². The minimum Gasteiger partial charge on any atom is -0.341 e. The average Bonchev–Trinajstić information content (AvgIpc) is 2.98. The summed E-state index contributed by atoms with van der Waals surface area (Å²) in [5, 5.41) is 0. The normalized spacial score (nSPS) is 22.9. The first-order chi connectivity index (χ1) is 9.22. The van der Waals surface area contributed by atoms with Crippen molar-refractivity contribution in [3.8, 4) is 11.8 Å². The van der Waals surface area contributed by atoms with Gasteiger partial charge in [0.15, 0.2) is 0 Å². The third-order valence-corrected chi connectivity index (χ3v) is 4.21. The molecule has 1 atom stereocenters. The van der Waals surface area contributed by atoms with Crippen LogP contribution in [0.4, 0.5) is 0 Å². The van der Waals surface area contributed by atoms with Gasteiger partial charge in [0.1, 0.15) is 0 Å². The molecule has 0 spiro atoms. The van der Waals surface area contributed by atoms with Crippen molar-refractivity contribution < 1.29 is 4.79 Å². The van der Waals surface area contributed by atoms with E-state index in [-0.39, 0.29) is 6.04 Å². The predicted octanol–water partition coefficient (Wildman–Crippen LogP) is 0.638. The van der Waals surface area contributed by atoms with Gasteiger partial charge in [0.25, 0.3) is 0 Å². The van der Waals surface area contributed by atoms with Crippen LogP contribution < -0.4 is 0 Å². The molecule has 0 N–H and O–H groups in total. The maximum absolute atomic E-state index is 12.3. The van der Waals surface area contributed by atoms with Crippen LogP contribution in [0.2, 0.25) is 0 Å². The monoisotopic (exact) mass is 263 g/mol. The van der Waals surface area contributed by atoms with E-state index in [1.807, 2.05) is 11.8 Å². The molecule has 4 nitrogen and oxygen atoms in total. The van der Waals surface area contributed by atoms with Crippen molar-refractivity contribution in [1.29, 1.82) is 0 Å². The minimum absolute atomic E-state index is 0.0394. The first-order valence-electron chi connectivity index (χ1n) is 7.37. The Morgan fingerprint density at radius 2 is 1.74 bits per heavy atom. The number of carbonyl (C=O) groups excluding carboxylic acids is 1. The summed E-state index contributed by atoms with van der Waals surface area (Å²) in [5.41, 5.74) is 0. The van der Waals surface area contributed by atoms with E-state index in [9.17, 15) is 4.79 Å². The summed E-state index contributed by atoms with van der Waals surface area (Å²) in [5.74, 6) is 6.37. The van der Waals surface area contributed by atoms with Crippen LogP contribution in [0.5, 0.6) is 0 Å². The Labute approximate surface area is 116 Å². The zero-order valence-corrected chi connectivity index (χ0v) is 12.2. The molecule has 19 heavy (non-hydrogen) atoms. The van der Waals surface area contributed by atoms with Gasteiger partial charge in [-0.3, -0.25) is 14.6 Å². The fourth-order valence-corrected chi connectivity index (χ4v) is 2.86. The Balaban J connectivity index is 1.79. The molecular formula is C15H25N3O. The van der Waals surface area contributed by atoms with Crippen molar-refractivity contribution in [3.05, 3.63) is 0 Å². The van der Waals surface area contributed by atoms with Gasteiger partial charge >= 0.3 is 0 Å². The number of nitrogens with zero attached hydrogens (tertiary/aromatic N) is 3. The molecule has 0 aromatic rings. The van der Waals surface area contributed by atoms with E-state index in [1.165, 1.54) is 12.8 Å². The minimum atomic E-state index is 0.0394. The van der Waals surface area contributed by atoms with Crippen molar-refractivity contribution in [2.45, 2.75) is 32.7 Å². The van der Waals surface area contributed by atoms with Gasteiger partial charge in [-0.2, -0.15) is 0 Å². The van der Waals surface area contributed by atoms with Crippen LogP contribution in [0, 0.1) is 11.8 Å². The molecule has 2 saturated heterocycles. The molecule has 2 fully saturated rings. The van der Waals surface area contributed by atoms with E-state index in [0.29, 0.717) is 5.91 Å². The van der Waals surface area contributed by atoms with Crippen LogP contribution in [0.25, 0.3) is 0 Å². The molecule has 0 saturated carbocycles. The molecule has 0 aromatic heterocycles. The smallest absolute Gasteiger partial charge is 0.239 e. The maximum Gasteiger partial charge on any atom is 0.239 e. The zero-order chi connectivity index (χ0) is 13.7. The number of likely N-dealkylation sites (tertiary alicyclic amines) is 1. The molecule has 2 rings (SSSR count). The first-order valence-corrected chi connectivity index (χ1v) is 7.37. The molecule has 2 aliphatic heterocycles. The summed E-state index contributed by atoms with van der Waals surface area (Å²) >= 11 is 0. The zero-order valence-electron chi connectivity index (χ0n) is 12.2. The Hall–Kier alpha value is -1.05. The van der Waals surface area contributed by atoms with Crippen molar-refractivity contribution in [3.63, 3.8) is 0 Å².